The molecule has 2 N–H and O–H groups in total. The molecule has 0 bridgehead atoms. The predicted octanol–water partition coefficient (Wildman–Crippen LogP) is 3.93. The maximum absolute atomic E-state index is 13.2. The van der Waals surface area contributed by atoms with Crippen LogP contribution in [-0.2, 0) is 16.0 Å². The molecule has 0 atom stereocenters. The lowest BCUT2D eigenvalue weighted by Crippen LogP contribution is -2.14. The van der Waals surface area contributed by atoms with Gasteiger partial charge in [-0.05, 0) is 48.0 Å². The molecule has 0 aliphatic heterocycles. The largest absolute Gasteiger partial charge is 0.465 e. The standard InChI is InChI=1S/C21H18FN3O3/c1-28-21(27)15-5-3-7-17(12-15)24-19-9-8-18(13-23-19)25-20(26)11-14-4-2-6-16(22)10-14/h2-10,12-13H,11H2,1H3,(H,23,24)(H,25,26). The fourth-order valence-corrected chi connectivity index (χ4v) is 2.57. The monoisotopic (exact) mass is 379 g/mol. The van der Waals surface area contributed by atoms with Gasteiger partial charge in [0.2, 0.25) is 5.91 Å². The number of nitrogens with one attached hydrogen (secondary N) is 2. The first kappa shape index (κ1) is 19.0. The van der Waals surface area contributed by atoms with Crippen LogP contribution in [-0.4, -0.2) is 24.0 Å². The molecule has 3 aromatic rings. The third kappa shape index (κ3) is 5.14. The van der Waals surface area contributed by atoms with Crippen molar-refractivity contribution < 1.29 is 18.7 Å². The van der Waals surface area contributed by atoms with Gasteiger partial charge in [-0.3, -0.25) is 4.79 Å². The second kappa shape index (κ2) is 8.77. The van der Waals surface area contributed by atoms with Crippen LogP contribution in [0.3, 0.4) is 0 Å². The zero-order valence-electron chi connectivity index (χ0n) is 15.1. The van der Waals surface area contributed by atoms with Gasteiger partial charge in [0.05, 0.1) is 31.0 Å². The summed E-state index contributed by atoms with van der Waals surface area (Å²) in [6, 6.07) is 16.1. The summed E-state index contributed by atoms with van der Waals surface area (Å²) < 4.78 is 17.9. The van der Waals surface area contributed by atoms with Crippen LogP contribution in [0.5, 0.6) is 0 Å². The third-order valence-corrected chi connectivity index (χ3v) is 3.86. The quantitative estimate of drug-likeness (QED) is 0.635. The number of benzene rings is 2. The maximum Gasteiger partial charge on any atom is 0.337 e. The van der Waals surface area contributed by atoms with Crippen molar-refractivity contribution in [2.75, 3.05) is 17.7 Å². The fourth-order valence-electron chi connectivity index (χ4n) is 2.57. The van der Waals surface area contributed by atoms with E-state index in [1.165, 1.54) is 25.4 Å². The number of carbonyl (C=O) groups is 2. The normalized spacial score (nSPS) is 10.2. The molecule has 1 aromatic heterocycles. The summed E-state index contributed by atoms with van der Waals surface area (Å²) in [5, 5.41) is 5.80. The highest BCUT2D eigenvalue weighted by Crippen LogP contribution is 2.18. The second-order valence-corrected chi connectivity index (χ2v) is 5.98. The van der Waals surface area contributed by atoms with Gasteiger partial charge in [-0.25, -0.2) is 14.2 Å². The van der Waals surface area contributed by atoms with Crippen LogP contribution in [0.15, 0.2) is 66.9 Å². The molecule has 0 aliphatic rings. The molecule has 0 unspecified atom stereocenters. The summed E-state index contributed by atoms with van der Waals surface area (Å²) in [6.45, 7) is 0. The number of hydrogen-bond donors (Lipinski definition) is 2. The Morgan fingerprint density at radius 3 is 2.57 bits per heavy atom. The molecule has 0 aliphatic carbocycles. The molecule has 0 saturated heterocycles. The summed E-state index contributed by atoms with van der Waals surface area (Å²) in [5.41, 5.74) is 2.22. The second-order valence-electron chi connectivity index (χ2n) is 5.98. The van der Waals surface area contributed by atoms with Crippen molar-refractivity contribution in [1.82, 2.24) is 4.98 Å². The number of halogens is 1. The number of rotatable bonds is 6. The molecule has 2 aromatic carbocycles. The van der Waals surface area contributed by atoms with E-state index in [0.29, 0.717) is 28.3 Å². The molecule has 1 heterocycles. The summed E-state index contributed by atoms with van der Waals surface area (Å²) >= 11 is 0. The Labute approximate surface area is 161 Å². The number of hydrogen-bond acceptors (Lipinski definition) is 5. The SMILES string of the molecule is COC(=O)c1cccc(Nc2ccc(NC(=O)Cc3cccc(F)c3)cn2)c1. The molecule has 7 heteroatoms. The number of pyridine rings is 1. The molecular weight excluding hydrogens is 361 g/mol. The van der Waals surface area contributed by atoms with Crippen LogP contribution in [0, 0.1) is 5.82 Å². The van der Waals surface area contributed by atoms with Gasteiger partial charge in [0.15, 0.2) is 0 Å². The van der Waals surface area contributed by atoms with Gasteiger partial charge >= 0.3 is 5.97 Å². The van der Waals surface area contributed by atoms with Crippen molar-refractivity contribution in [3.63, 3.8) is 0 Å². The number of aromatic nitrogens is 1. The molecule has 6 nitrogen and oxygen atoms in total. The van der Waals surface area contributed by atoms with Crippen LogP contribution in [0.4, 0.5) is 21.6 Å². The van der Waals surface area contributed by atoms with Crippen LogP contribution >= 0.6 is 0 Å². The van der Waals surface area contributed by atoms with E-state index in [9.17, 15) is 14.0 Å². The van der Waals surface area contributed by atoms with E-state index in [0.717, 1.165) is 0 Å². The zero-order valence-corrected chi connectivity index (χ0v) is 15.1. The van der Waals surface area contributed by atoms with Gasteiger partial charge in [-0.1, -0.05) is 18.2 Å². The smallest absolute Gasteiger partial charge is 0.337 e. The minimum Gasteiger partial charge on any atom is -0.465 e. The van der Waals surface area contributed by atoms with Gasteiger partial charge in [0.1, 0.15) is 11.6 Å². The topological polar surface area (TPSA) is 80.3 Å². The molecule has 0 spiro atoms. The molecule has 0 radical (unpaired) electrons. The Morgan fingerprint density at radius 2 is 1.86 bits per heavy atom. The number of ether oxygens (including phenoxy) is 1. The van der Waals surface area contributed by atoms with Gasteiger partial charge in [-0.15, -0.1) is 0 Å². The average Bonchev–Trinajstić information content (AvgIpc) is 2.69. The van der Waals surface area contributed by atoms with Crippen molar-refractivity contribution >= 4 is 29.1 Å². The van der Waals surface area contributed by atoms with E-state index < -0.39 is 5.97 Å². The van der Waals surface area contributed by atoms with Crippen LogP contribution in [0.1, 0.15) is 15.9 Å². The number of amides is 1. The minimum absolute atomic E-state index is 0.0675. The molecular formula is C21H18FN3O3. The van der Waals surface area contributed by atoms with Crippen molar-refractivity contribution in [3.8, 4) is 0 Å². The predicted molar refractivity (Wildman–Crippen MR) is 104 cm³/mol. The minimum atomic E-state index is -0.423. The van der Waals surface area contributed by atoms with Gasteiger partial charge in [0, 0.05) is 5.69 Å². The van der Waals surface area contributed by atoms with Crippen LogP contribution < -0.4 is 10.6 Å². The van der Waals surface area contributed by atoms with Crippen molar-refractivity contribution in [2.24, 2.45) is 0 Å². The first-order valence-electron chi connectivity index (χ1n) is 8.49. The highest BCUT2D eigenvalue weighted by molar-refractivity contribution is 5.92. The molecule has 28 heavy (non-hydrogen) atoms. The fraction of sp³-hybridized carbons (Fsp3) is 0.0952. The molecule has 3 rings (SSSR count). The maximum atomic E-state index is 13.2. The lowest BCUT2D eigenvalue weighted by atomic mass is 10.1. The zero-order chi connectivity index (χ0) is 19.9. The average molecular weight is 379 g/mol. The molecule has 0 fully saturated rings. The number of methoxy groups -OCH3 is 1. The van der Waals surface area contributed by atoms with Crippen molar-refractivity contribution in [1.29, 1.82) is 0 Å². The molecule has 0 saturated carbocycles. The number of anilines is 3. The molecule has 1 amide bonds. The van der Waals surface area contributed by atoms with Gasteiger partial charge in [-0.2, -0.15) is 0 Å². The Morgan fingerprint density at radius 1 is 1.04 bits per heavy atom. The van der Waals surface area contributed by atoms with E-state index >= 15 is 0 Å². The summed E-state index contributed by atoms with van der Waals surface area (Å²) in [7, 11) is 1.32. The van der Waals surface area contributed by atoms with Crippen molar-refractivity contribution in [3.05, 3.63) is 83.8 Å². The van der Waals surface area contributed by atoms with E-state index in [1.54, 1.807) is 48.5 Å². The van der Waals surface area contributed by atoms with E-state index in [4.69, 9.17) is 4.74 Å². The molecule has 142 valence electrons. The van der Waals surface area contributed by atoms with E-state index in [2.05, 4.69) is 15.6 Å². The van der Waals surface area contributed by atoms with E-state index in [-0.39, 0.29) is 18.1 Å². The van der Waals surface area contributed by atoms with Gasteiger partial charge in [0.25, 0.3) is 0 Å². The van der Waals surface area contributed by atoms with Crippen LogP contribution in [0.2, 0.25) is 0 Å². The van der Waals surface area contributed by atoms with Crippen molar-refractivity contribution in [2.45, 2.75) is 6.42 Å². The highest BCUT2D eigenvalue weighted by atomic mass is 19.1. The lowest BCUT2D eigenvalue weighted by Gasteiger charge is -2.09. The van der Waals surface area contributed by atoms with E-state index in [1.807, 2.05) is 0 Å². The first-order valence-corrected chi connectivity index (χ1v) is 8.49. The first-order chi connectivity index (χ1) is 13.5. The Kier molecular flexibility index (Phi) is 5.96. The Bertz CT molecular complexity index is 990. The van der Waals surface area contributed by atoms with Crippen LogP contribution in [0.25, 0.3) is 0 Å². The Balaban J connectivity index is 1.60. The number of nitrogens with zero attached hydrogens (tertiary/aromatic N) is 1. The third-order valence-electron chi connectivity index (χ3n) is 3.86. The Hall–Kier alpha value is -3.74. The summed E-state index contributed by atoms with van der Waals surface area (Å²) in [4.78, 5) is 27.9. The number of esters is 1. The summed E-state index contributed by atoms with van der Waals surface area (Å²) in [5.74, 6) is -0.518. The summed E-state index contributed by atoms with van der Waals surface area (Å²) in [6.07, 6.45) is 1.58. The lowest BCUT2D eigenvalue weighted by molar-refractivity contribution is -0.115. The highest BCUT2D eigenvalue weighted by Gasteiger charge is 2.07. The van der Waals surface area contributed by atoms with Gasteiger partial charge < -0.3 is 15.4 Å². The number of carbonyl (C=O) groups excluding carboxylic acids is 2.